The quantitative estimate of drug-likeness (QED) is 0.216. The second-order valence-electron chi connectivity index (χ2n) is 13.5. The zero-order valence-corrected chi connectivity index (χ0v) is 27.8. The third-order valence-corrected chi connectivity index (χ3v) is 9.74. The van der Waals surface area contributed by atoms with Gasteiger partial charge in [-0.3, -0.25) is 15.0 Å². The predicted octanol–water partition coefficient (Wildman–Crippen LogP) is 6.27. The van der Waals surface area contributed by atoms with Crippen LogP contribution in [-0.4, -0.2) is 94.3 Å². The number of aromatic amines is 1. The smallest absolute Gasteiger partial charge is 0.319 e. The van der Waals surface area contributed by atoms with Crippen LogP contribution in [0.4, 0.5) is 14.6 Å². The zero-order valence-electron chi connectivity index (χ0n) is 27.8. The van der Waals surface area contributed by atoms with Crippen LogP contribution in [0.3, 0.4) is 0 Å². The molecule has 1 aromatic carbocycles. The van der Waals surface area contributed by atoms with E-state index in [1.807, 2.05) is 11.9 Å². The van der Waals surface area contributed by atoms with E-state index in [0.29, 0.717) is 46.7 Å². The summed E-state index contributed by atoms with van der Waals surface area (Å²) < 4.78 is 41.3. The highest BCUT2D eigenvalue weighted by Gasteiger charge is 2.45. The van der Waals surface area contributed by atoms with Crippen LogP contribution in [0.15, 0.2) is 24.5 Å². The van der Waals surface area contributed by atoms with Crippen molar-refractivity contribution in [3.8, 4) is 17.3 Å². The fourth-order valence-corrected chi connectivity index (χ4v) is 7.10. The van der Waals surface area contributed by atoms with Crippen LogP contribution in [0, 0.1) is 17.6 Å². The van der Waals surface area contributed by atoms with E-state index >= 15 is 4.39 Å². The molecule has 12 heteroatoms. The van der Waals surface area contributed by atoms with Gasteiger partial charge in [0, 0.05) is 45.0 Å². The molecule has 47 heavy (non-hydrogen) atoms. The van der Waals surface area contributed by atoms with Gasteiger partial charge in [-0.2, -0.15) is 15.1 Å². The summed E-state index contributed by atoms with van der Waals surface area (Å²) >= 11 is 0. The molecule has 4 aromatic rings. The Morgan fingerprint density at radius 3 is 2.43 bits per heavy atom. The van der Waals surface area contributed by atoms with Crippen LogP contribution < -0.4 is 9.64 Å². The van der Waals surface area contributed by atoms with Gasteiger partial charge in [0.1, 0.15) is 29.5 Å². The fraction of sp³-hybridized carbons (Fsp3) is 0.600. The minimum absolute atomic E-state index is 0.00143. The van der Waals surface area contributed by atoms with Crippen molar-refractivity contribution in [3.63, 3.8) is 0 Å². The molecule has 2 saturated heterocycles. The minimum Gasteiger partial charge on any atom is -0.461 e. The van der Waals surface area contributed by atoms with Crippen LogP contribution in [0.5, 0.6) is 6.01 Å². The summed E-state index contributed by atoms with van der Waals surface area (Å²) in [6.07, 6.45) is 15.5. The summed E-state index contributed by atoms with van der Waals surface area (Å²) in [6.45, 7) is 3.32. The van der Waals surface area contributed by atoms with E-state index in [1.54, 1.807) is 26.6 Å². The maximum absolute atomic E-state index is 16.3. The molecule has 3 aromatic heterocycles. The van der Waals surface area contributed by atoms with Crippen molar-refractivity contribution in [3.05, 3.63) is 36.2 Å². The molecule has 8 rings (SSSR count). The Kier molecular flexibility index (Phi) is 10.5. The number of aliphatic hydroxyl groups is 1. The molecule has 0 radical (unpaired) electrons. The maximum atomic E-state index is 16.3. The highest BCUT2D eigenvalue weighted by atomic mass is 19.1. The summed E-state index contributed by atoms with van der Waals surface area (Å²) in [7, 11) is 5.18. The number of H-pyrrole nitrogens is 1. The lowest BCUT2D eigenvalue weighted by atomic mass is 9.79. The van der Waals surface area contributed by atoms with Crippen LogP contribution >= 0.6 is 0 Å². The van der Waals surface area contributed by atoms with Gasteiger partial charge >= 0.3 is 6.01 Å². The van der Waals surface area contributed by atoms with Crippen molar-refractivity contribution in [1.29, 1.82) is 0 Å². The molecule has 2 aliphatic heterocycles. The molecule has 5 heterocycles. The normalized spacial score (nSPS) is 21.0. The number of hydrogen-bond donors (Lipinski definition) is 2. The number of ether oxygens (including phenoxy) is 2. The molecular weight excluding hydrogens is 604 g/mol. The molecule has 2 aliphatic carbocycles. The van der Waals surface area contributed by atoms with Gasteiger partial charge in [-0.05, 0) is 82.5 Å². The van der Waals surface area contributed by atoms with Crippen molar-refractivity contribution in [2.75, 3.05) is 52.4 Å². The number of methoxy groups -OCH3 is 1. The first kappa shape index (κ1) is 33.4. The van der Waals surface area contributed by atoms with Crippen molar-refractivity contribution < 1.29 is 23.4 Å². The molecule has 254 valence electrons. The Balaban J connectivity index is 0.000000590. The van der Waals surface area contributed by atoms with Crippen LogP contribution in [0.25, 0.3) is 33.1 Å². The first-order valence-electron chi connectivity index (χ1n) is 17.0. The number of halogens is 2. The zero-order chi connectivity index (χ0) is 33.0. The Hall–Kier alpha value is -3.48. The van der Waals surface area contributed by atoms with Crippen LogP contribution in [0.1, 0.15) is 70.6 Å². The number of nitrogens with zero attached hydrogens (tertiary/aromatic N) is 6. The van der Waals surface area contributed by atoms with Gasteiger partial charge in [-0.1, -0.05) is 19.3 Å². The van der Waals surface area contributed by atoms with Crippen LogP contribution in [0.2, 0.25) is 0 Å². The molecular formula is C35H47F2N7O3. The highest BCUT2D eigenvalue weighted by molar-refractivity contribution is 5.97. The van der Waals surface area contributed by atoms with Gasteiger partial charge in [0.15, 0.2) is 5.82 Å². The maximum Gasteiger partial charge on any atom is 0.319 e. The van der Waals surface area contributed by atoms with Crippen molar-refractivity contribution in [2.24, 2.45) is 5.92 Å². The number of benzene rings is 1. The molecule has 4 aliphatic rings. The summed E-state index contributed by atoms with van der Waals surface area (Å²) in [5, 5.41) is 17.4. The standard InChI is InChI=1S/C30H35F2N7O2.C3H6.C2H6O/c1-38(8-2-5-18-11-20(40)12-18)28-23-15-33-26(21-13-19(31)14-24-22(21)16-34-37-24)25(32)27(23)35-29(36-28)41-17-30-6-3-9-39(30)10-4-7-30;1-2-3-1;1-3-2/h13-16,18,20,40H,2-12,17H2,1H3,(H,34,37);1-3H2;1-2H3. The number of fused-ring (bicyclic) bond motifs is 3. The van der Waals surface area contributed by atoms with E-state index in [2.05, 4.69) is 29.8 Å². The number of nitrogens with one attached hydrogen (secondary N) is 1. The van der Waals surface area contributed by atoms with Gasteiger partial charge in [0.2, 0.25) is 0 Å². The number of aliphatic hydroxyl groups excluding tert-OH is 1. The lowest BCUT2D eigenvalue weighted by Gasteiger charge is -2.32. The predicted molar refractivity (Wildman–Crippen MR) is 179 cm³/mol. The van der Waals surface area contributed by atoms with E-state index in [9.17, 15) is 9.50 Å². The lowest BCUT2D eigenvalue weighted by molar-refractivity contribution is 0.0386. The van der Waals surface area contributed by atoms with Crippen molar-refractivity contribution >= 4 is 27.6 Å². The molecule has 0 unspecified atom stereocenters. The molecule has 0 amide bonds. The number of aromatic nitrogens is 5. The van der Waals surface area contributed by atoms with Crippen molar-refractivity contribution in [2.45, 2.75) is 82.3 Å². The van der Waals surface area contributed by atoms with Gasteiger partial charge in [0.25, 0.3) is 0 Å². The first-order valence-corrected chi connectivity index (χ1v) is 17.0. The average Bonchev–Trinajstić information content (AvgIpc) is 3.61. The molecule has 2 saturated carbocycles. The van der Waals surface area contributed by atoms with E-state index in [4.69, 9.17) is 9.72 Å². The Morgan fingerprint density at radius 1 is 1.02 bits per heavy atom. The van der Waals surface area contributed by atoms with E-state index in [1.165, 1.54) is 31.4 Å². The average molecular weight is 652 g/mol. The fourth-order valence-electron chi connectivity index (χ4n) is 7.10. The van der Waals surface area contributed by atoms with Crippen LogP contribution in [-0.2, 0) is 4.74 Å². The lowest BCUT2D eigenvalue weighted by Crippen LogP contribution is -2.43. The number of hydrogen-bond acceptors (Lipinski definition) is 9. The molecule has 0 bridgehead atoms. The van der Waals surface area contributed by atoms with Gasteiger partial charge < -0.3 is 19.5 Å². The van der Waals surface area contributed by atoms with E-state index in [0.717, 1.165) is 64.5 Å². The molecule has 10 nitrogen and oxygen atoms in total. The molecule has 0 spiro atoms. The Bertz CT molecular complexity index is 1650. The topological polar surface area (TPSA) is 113 Å². The largest absolute Gasteiger partial charge is 0.461 e. The number of rotatable bonds is 9. The summed E-state index contributed by atoms with van der Waals surface area (Å²) in [4.78, 5) is 18.3. The second-order valence-corrected chi connectivity index (χ2v) is 13.5. The highest BCUT2D eigenvalue weighted by Crippen LogP contribution is 2.40. The molecule has 2 N–H and O–H groups in total. The summed E-state index contributed by atoms with van der Waals surface area (Å²) in [6, 6.07) is 2.73. The number of pyridine rings is 1. The van der Waals surface area contributed by atoms with Gasteiger partial charge in [-0.15, -0.1) is 0 Å². The Labute approximate surface area is 274 Å². The Morgan fingerprint density at radius 2 is 1.74 bits per heavy atom. The SMILES string of the molecule is C1CC1.CN(CCCC1CC(O)C1)c1nc(OCC23CCCN2CCC3)nc2c(F)c(-c3cc(F)cc4[nH]ncc34)ncc12.COC. The van der Waals surface area contributed by atoms with E-state index in [-0.39, 0.29) is 28.9 Å². The third kappa shape index (κ3) is 7.49. The molecule has 4 fully saturated rings. The van der Waals surface area contributed by atoms with Gasteiger partial charge in [0.05, 0.1) is 28.7 Å². The third-order valence-electron chi connectivity index (χ3n) is 9.74. The first-order chi connectivity index (χ1) is 22.8. The van der Waals surface area contributed by atoms with Crippen molar-refractivity contribution in [1.82, 2.24) is 30.0 Å². The second kappa shape index (κ2) is 14.7. The monoisotopic (exact) mass is 651 g/mol. The molecule has 0 atom stereocenters. The van der Waals surface area contributed by atoms with E-state index < -0.39 is 11.6 Å². The minimum atomic E-state index is -0.650. The van der Waals surface area contributed by atoms with Gasteiger partial charge in [-0.25, -0.2) is 8.78 Å². The summed E-state index contributed by atoms with van der Waals surface area (Å²) in [5.41, 5.74) is 0.856. The number of anilines is 1. The summed E-state index contributed by atoms with van der Waals surface area (Å²) in [5.74, 6) is -0.0628.